The van der Waals surface area contributed by atoms with Gasteiger partial charge in [0.15, 0.2) is 0 Å². The van der Waals surface area contributed by atoms with Crippen LogP contribution in [0.2, 0.25) is 0 Å². The molecular formula is C15H19N3O. The minimum absolute atomic E-state index is 0.0655. The Morgan fingerprint density at radius 3 is 2.79 bits per heavy atom. The van der Waals surface area contributed by atoms with Crippen LogP contribution in [0.1, 0.15) is 25.8 Å². The molecule has 1 aromatic carbocycles. The van der Waals surface area contributed by atoms with Crippen molar-refractivity contribution in [3.63, 3.8) is 0 Å². The van der Waals surface area contributed by atoms with Gasteiger partial charge in [0.2, 0.25) is 0 Å². The maximum atomic E-state index is 5.99. The maximum absolute atomic E-state index is 5.99. The Labute approximate surface area is 113 Å². The third-order valence-electron chi connectivity index (χ3n) is 3.65. The maximum Gasteiger partial charge on any atom is 0.123 e. The normalized spacial score (nSPS) is 16.8. The topological polar surface area (TPSA) is 53.1 Å². The second-order valence-corrected chi connectivity index (χ2v) is 5.76. The van der Waals surface area contributed by atoms with E-state index in [2.05, 4.69) is 25.0 Å². The number of rotatable bonds is 1. The van der Waals surface area contributed by atoms with E-state index in [4.69, 9.17) is 10.5 Å². The predicted molar refractivity (Wildman–Crippen MR) is 76.1 cm³/mol. The summed E-state index contributed by atoms with van der Waals surface area (Å²) in [5, 5.41) is 4.41. The van der Waals surface area contributed by atoms with Crippen molar-refractivity contribution in [3.8, 4) is 17.0 Å². The third-order valence-corrected chi connectivity index (χ3v) is 3.65. The number of hydrogen-bond donors (Lipinski definition) is 1. The fourth-order valence-corrected chi connectivity index (χ4v) is 2.44. The molecule has 3 rings (SSSR count). The molecule has 1 aliphatic heterocycles. The van der Waals surface area contributed by atoms with Gasteiger partial charge in [-0.05, 0) is 50.5 Å². The van der Waals surface area contributed by atoms with Crippen molar-refractivity contribution in [1.82, 2.24) is 9.78 Å². The summed E-state index contributed by atoms with van der Waals surface area (Å²) >= 11 is 0. The van der Waals surface area contributed by atoms with E-state index in [0.717, 1.165) is 29.8 Å². The lowest BCUT2D eigenvalue weighted by Gasteiger charge is -2.32. The molecule has 0 bridgehead atoms. The minimum Gasteiger partial charge on any atom is -0.488 e. The fraction of sp³-hybridized carbons (Fsp3) is 0.400. The van der Waals surface area contributed by atoms with Crippen LogP contribution < -0.4 is 10.5 Å². The van der Waals surface area contributed by atoms with E-state index in [0.29, 0.717) is 5.82 Å². The minimum atomic E-state index is -0.0655. The van der Waals surface area contributed by atoms with E-state index >= 15 is 0 Å². The van der Waals surface area contributed by atoms with Crippen molar-refractivity contribution in [1.29, 1.82) is 0 Å². The molecule has 0 atom stereocenters. The number of nitrogens with two attached hydrogens (primary N) is 1. The fourth-order valence-electron chi connectivity index (χ4n) is 2.44. The van der Waals surface area contributed by atoms with Gasteiger partial charge < -0.3 is 10.5 Å². The van der Waals surface area contributed by atoms with Crippen LogP contribution in [0, 0.1) is 0 Å². The molecular weight excluding hydrogens is 238 g/mol. The Morgan fingerprint density at radius 2 is 2.11 bits per heavy atom. The Kier molecular flexibility index (Phi) is 2.55. The Hall–Kier alpha value is -1.97. The van der Waals surface area contributed by atoms with E-state index in [9.17, 15) is 0 Å². The molecule has 0 saturated carbocycles. The smallest absolute Gasteiger partial charge is 0.123 e. The molecule has 4 nitrogen and oxygen atoms in total. The van der Waals surface area contributed by atoms with E-state index in [-0.39, 0.29) is 5.60 Å². The van der Waals surface area contributed by atoms with Crippen molar-refractivity contribution in [2.75, 3.05) is 5.73 Å². The Bertz CT molecular complexity index is 609. The highest BCUT2D eigenvalue weighted by molar-refractivity contribution is 5.65. The van der Waals surface area contributed by atoms with Crippen LogP contribution in [-0.2, 0) is 13.5 Å². The molecule has 0 spiro atoms. The van der Waals surface area contributed by atoms with Crippen molar-refractivity contribution in [3.05, 3.63) is 29.8 Å². The highest BCUT2D eigenvalue weighted by Gasteiger charge is 2.26. The molecule has 19 heavy (non-hydrogen) atoms. The summed E-state index contributed by atoms with van der Waals surface area (Å²) in [5.74, 6) is 1.66. The van der Waals surface area contributed by atoms with Gasteiger partial charge in [-0.15, -0.1) is 0 Å². The second kappa shape index (κ2) is 4.02. The van der Waals surface area contributed by atoms with Gasteiger partial charge in [-0.25, -0.2) is 0 Å². The van der Waals surface area contributed by atoms with E-state index in [1.165, 1.54) is 5.56 Å². The molecule has 1 aliphatic rings. The first-order valence-electron chi connectivity index (χ1n) is 6.56. The highest BCUT2D eigenvalue weighted by atomic mass is 16.5. The molecule has 0 radical (unpaired) electrons. The van der Waals surface area contributed by atoms with Crippen LogP contribution in [0.5, 0.6) is 5.75 Å². The largest absolute Gasteiger partial charge is 0.488 e. The molecule has 0 saturated heterocycles. The van der Waals surface area contributed by atoms with Crippen LogP contribution in [0.3, 0.4) is 0 Å². The van der Waals surface area contributed by atoms with Gasteiger partial charge in [-0.3, -0.25) is 4.68 Å². The number of fused-ring (bicyclic) bond motifs is 1. The number of aryl methyl sites for hydroxylation is 2. The zero-order valence-corrected chi connectivity index (χ0v) is 11.6. The summed E-state index contributed by atoms with van der Waals surface area (Å²) < 4.78 is 7.68. The zero-order valence-electron chi connectivity index (χ0n) is 11.6. The number of ether oxygens (including phenoxy) is 1. The van der Waals surface area contributed by atoms with Crippen LogP contribution in [-0.4, -0.2) is 15.4 Å². The van der Waals surface area contributed by atoms with Gasteiger partial charge in [0.25, 0.3) is 0 Å². The number of hydrogen-bond acceptors (Lipinski definition) is 3. The summed E-state index contributed by atoms with van der Waals surface area (Å²) in [5.41, 5.74) is 9.01. The summed E-state index contributed by atoms with van der Waals surface area (Å²) in [7, 11) is 1.85. The summed E-state index contributed by atoms with van der Waals surface area (Å²) in [4.78, 5) is 0. The van der Waals surface area contributed by atoms with E-state index in [1.807, 2.05) is 25.2 Å². The predicted octanol–water partition coefficient (Wildman–Crippen LogP) is 2.77. The molecule has 2 N–H and O–H groups in total. The zero-order chi connectivity index (χ0) is 13.6. The highest BCUT2D eigenvalue weighted by Crippen LogP contribution is 2.35. The first-order chi connectivity index (χ1) is 8.94. The lowest BCUT2D eigenvalue weighted by Crippen LogP contribution is -2.32. The summed E-state index contributed by atoms with van der Waals surface area (Å²) in [6.07, 6.45) is 2.08. The van der Waals surface area contributed by atoms with Gasteiger partial charge in [0.05, 0.1) is 5.69 Å². The van der Waals surface area contributed by atoms with Gasteiger partial charge in [-0.1, -0.05) is 0 Å². The first-order valence-corrected chi connectivity index (χ1v) is 6.56. The first kappa shape index (κ1) is 12.1. The summed E-state index contributed by atoms with van der Waals surface area (Å²) in [6.45, 7) is 4.26. The summed E-state index contributed by atoms with van der Waals surface area (Å²) in [6, 6.07) is 8.14. The number of anilines is 1. The Morgan fingerprint density at radius 1 is 1.32 bits per heavy atom. The molecule has 2 heterocycles. The molecule has 2 aromatic rings. The van der Waals surface area contributed by atoms with Gasteiger partial charge >= 0.3 is 0 Å². The number of nitrogens with zero attached hydrogens (tertiary/aromatic N) is 2. The average molecular weight is 257 g/mol. The molecule has 100 valence electrons. The standard InChI is InChI=1S/C15H19N3O/c1-15(2)7-6-11-8-10(4-5-13(11)19-15)12-9-14(16)18(3)17-12/h4-5,8-9H,6-7,16H2,1-3H3. The van der Waals surface area contributed by atoms with E-state index in [1.54, 1.807) is 4.68 Å². The monoisotopic (exact) mass is 257 g/mol. The third kappa shape index (κ3) is 2.18. The lowest BCUT2D eigenvalue weighted by molar-refractivity contribution is 0.0847. The van der Waals surface area contributed by atoms with Crippen LogP contribution in [0.15, 0.2) is 24.3 Å². The molecule has 4 heteroatoms. The van der Waals surface area contributed by atoms with Gasteiger partial charge in [-0.2, -0.15) is 5.10 Å². The number of benzene rings is 1. The molecule has 0 aliphatic carbocycles. The van der Waals surface area contributed by atoms with Crippen molar-refractivity contribution < 1.29 is 4.74 Å². The Balaban J connectivity index is 1.98. The lowest BCUT2D eigenvalue weighted by atomic mass is 9.93. The van der Waals surface area contributed by atoms with Crippen molar-refractivity contribution in [2.24, 2.45) is 7.05 Å². The molecule has 0 fully saturated rings. The van der Waals surface area contributed by atoms with Crippen molar-refractivity contribution >= 4 is 5.82 Å². The van der Waals surface area contributed by atoms with Gasteiger partial charge in [0, 0.05) is 18.7 Å². The van der Waals surface area contributed by atoms with Crippen LogP contribution in [0.25, 0.3) is 11.3 Å². The second-order valence-electron chi connectivity index (χ2n) is 5.76. The van der Waals surface area contributed by atoms with Crippen LogP contribution >= 0.6 is 0 Å². The van der Waals surface area contributed by atoms with E-state index < -0.39 is 0 Å². The quantitative estimate of drug-likeness (QED) is 0.854. The van der Waals surface area contributed by atoms with Gasteiger partial charge in [0.1, 0.15) is 17.2 Å². The number of aromatic nitrogens is 2. The molecule has 1 aromatic heterocycles. The number of nitrogen functional groups attached to an aromatic ring is 1. The molecule has 0 amide bonds. The van der Waals surface area contributed by atoms with Crippen molar-refractivity contribution in [2.45, 2.75) is 32.3 Å². The SMILES string of the molecule is Cn1nc(-c2ccc3c(c2)CCC(C)(C)O3)cc1N. The average Bonchev–Trinajstić information content (AvgIpc) is 2.68. The molecule has 0 unspecified atom stereocenters. The van der Waals surface area contributed by atoms with Crippen LogP contribution in [0.4, 0.5) is 5.82 Å².